The Morgan fingerprint density at radius 2 is 1.95 bits per heavy atom. The van der Waals surface area contributed by atoms with Gasteiger partial charge in [0.05, 0.1) is 0 Å². The maximum atomic E-state index is 12.7. The van der Waals surface area contributed by atoms with Gasteiger partial charge in [0.25, 0.3) is 0 Å². The van der Waals surface area contributed by atoms with E-state index in [2.05, 4.69) is 0 Å². The molecule has 0 aromatic heterocycles. The predicted molar refractivity (Wildman–Crippen MR) is 70.4 cm³/mol. The summed E-state index contributed by atoms with van der Waals surface area (Å²) >= 11 is 0. The highest BCUT2D eigenvalue weighted by Gasteiger charge is 2.17. The number of nitrogens with zero attached hydrogens (tertiary/aromatic N) is 1. The third kappa shape index (κ3) is 3.88. The summed E-state index contributed by atoms with van der Waals surface area (Å²) in [5, 5.41) is 0. The second kappa shape index (κ2) is 6.45. The van der Waals surface area contributed by atoms with Crippen molar-refractivity contribution in [2.75, 3.05) is 13.1 Å². The van der Waals surface area contributed by atoms with E-state index in [1.54, 1.807) is 0 Å². The van der Waals surface area contributed by atoms with Crippen molar-refractivity contribution in [2.24, 2.45) is 0 Å². The minimum atomic E-state index is -0.338. The molecule has 0 atom stereocenters. The number of likely N-dealkylation sites (tertiary alicyclic amines) is 1. The van der Waals surface area contributed by atoms with E-state index < -0.39 is 0 Å². The number of halogens is 1. The van der Waals surface area contributed by atoms with Crippen LogP contribution in [0.5, 0.6) is 0 Å². The van der Waals surface area contributed by atoms with Crippen molar-refractivity contribution >= 4 is 11.7 Å². The highest BCUT2D eigenvalue weighted by atomic mass is 19.1. The number of piperidine rings is 1. The second-order valence-corrected chi connectivity index (χ2v) is 4.87. The van der Waals surface area contributed by atoms with E-state index in [9.17, 15) is 14.0 Å². The van der Waals surface area contributed by atoms with Crippen LogP contribution in [-0.2, 0) is 4.79 Å². The van der Waals surface area contributed by atoms with Crippen LogP contribution in [0.3, 0.4) is 0 Å². The molecule has 1 saturated heterocycles. The standard InChI is InChI=1S/C15H18FNO2/c16-13-8-6-12(7-9-13)14(18)4-3-11-17-10-2-1-5-15(17)19/h6-9H,1-5,10-11H2. The Balaban J connectivity index is 1.77. The molecule has 1 heterocycles. The minimum Gasteiger partial charge on any atom is -0.343 e. The van der Waals surface area contributed by atoms with Gasteiger partial charge in [-0.3, -0.25) is 9.59 Å². The van der Waals surface area contributed by atoms with Gasteiger partial charge in [-0.25, -0.2) is 4.39 Å². The lowest BCUT2D eigenvalue weighted by atomic mass is 10.1. The molecule has 102 valence electrons. The number of hydrogen-bond donors (Lipinski definition) is 0. The van der Waals surface area contributed by atoms with Crippen LogP contribution in [-0.4, -0.2) is 29.7 Å². The molecule has 1 amide bonds. The molecule has 4 heteroatoms. The molecule has 1 fully saturated rings. The molecule has 0 unspecified atom stereocenters. The van der Waals surface area contributed by atoms with Gasteiger partial charge in [0, 0.05) is 31.5 Å². The molecule has 1 aromatic rings. The van der Waals surface area contributed by atoms with Gasteiger partial charge in [0.15, 0.2) is 5.78 Å². The molecule has 2 rings (SSSR count). The molecule has 0 N–H and O–H groups in total. The van der Waals surface area contributed by atoms with E-state index in [1.165, 1.54) is 24.3 Å². The number of ketones is 1. The highest BCUT2D eigenvalue weighted by Crippen LogP contribution is 2.12. The number of rotatable bonds is 5. The quantitative estimate of drug-likeness (QED) is 0.766. The number of amides is 1. The fraction of sp³-hybridized carbons (Fsp3) is 0.467. The Bertz CT molecular complexity index is 456. The van der Waals surface area contributed by atoms with Gasteiger partial charge in [0.2, 0.25) is 5.91 Å². The zero-order valence-corrected chi connectivity index (χ0v) is 10.9. The maximum Gasteiger partial charge on any atom is 0.222 e. The summed E-state index contributed by atoms with van der Waals surface area (Å²) in [6.07, 6.45) is 3.73. The Morgan fingerprint density at radius 3 is 2.63 bits per heavy atom. The molecular weight excluding hydrogens is 245 g/mol. The first-order valence-electron chi connectivity index (χ1n) is 6.73. The lowest BCUT2D eigenvalue weighted by molar-refractivity contribution is -0.133. The number of benzene rings is 1. The Kier molecular flexibility index (Phi) is 4.66. The predicted octanol–water partition coefficient (Wildman–Crippen LogP) is 2.80. The van der Waals surface area contributed by atoms with E-state index in [-0.39, 0.29) is 17.5 Å². The molecule has 0 saturated carbocycles. The Labute approximate surface area is 112 Å². The van der Waals surface area contributed by atoms with Gasteiger partial charge >= 0.3 is 0 Å². The summed E-state index contributed by atoms with van der Waals surface area (Å²) < 4.78 is 12.7. The molecule has 1 aromatic carbocycles. The average molecular weight is 263 g/mol. The van der Waals surface area contributed by atoms with E-state index in [0.29, 0.717) is 31.4 Å². The fourth-order valence-electron chi connectivity index (χ4n) is 2.31. The third-order valence-electron chi connectivity index (χ3n) is 3.42. The van der Waals surface area contributed by atoms with Crippen LogP contribution in [0.1, 0.15) is 42.5 Å². The summed E-state index contributed by atoms with van der Waals surface area (Å²) in [6, 6.07) is 5.59. The first-order valence-corrected chi connectivity index (χ1v) is 6.73. The van der Waals surface area contributed by atoms with Crippen LogP contribution in [0.15, 0.2) is 24.3 Å². The topological polar surface area (TPSA) is 37.4 Å². The molecule has 19 heavy (non-hydrogen) atoms. The molecule has 1 aliphatic heterocycles. The summed E-state index contributed by atoms with van der Waals surface area (Å²) in [7, 11) is 0. The van der Waals surface area contributed by atoms with Crippen LogP contribution < -0.4 is 0 Å². The molecule has 0 bridgehead atoms. The molecule has 1 aliphatic rings. The van der Waals surface area contributed by atoms with Crippen molar-refractivity contribution in [3.8, 4) is 0 Å². The number of carbonyl (C=O) groups is 2. The summed E-state index contributed by atoms with van der Waals surface area (Å²) in [6.45, 7) is 1.45. The summed E-state index contributed by atoms with van der Waals surface area (Å²) in [5.41, 5.74) is 0.534. The Morgan fingerprint density at radius 1 is 1.21 bits per heavy atom. The number of carbonyl (C=O) groups excluding carboxylic acids is 2. The minimum absolute atomic E-state index is 0.00413. The van der Waals surface area contributed by atoms with Crippen molar-refractivity contribution < 1.29 is 14.0 Å². The molecule has 0 spiro atoms. The van der Waals surface area contributed by atoms with Crippen LogP contribution in [0.25, 0.3) is 0 Å². The van der Waals surface area contributed by atoms with Crippen molar-refractivity contribution in [3.63, 3.8) is 0 Å². The number of hydrogen-bond acceptors (Lipinski definition) is 2. The van der Waals surface area contributed by atoms with Gasteiger partial charge in [-0.15, -0.1) is 0 Å². The van der Waals surface area contributed by atoms with Crippen LogP contribution in [0.2, 0.25) is 0 Å². The van der Waals surface area contributed by atoms with Crippen molar-refractivity contribution in [1.29, 1.82) is 0 Å². The second-order valence-electron chi connectivity index (χ2n) is 4.87. The van der Waals surface area contributed by atoms with E-state index >= 15 is 0 Å². The summed E-state index contributed by atoms with van der Waals surface area (Å²) in [5.74, 6) is -0.139. The van der Waals surface area contributed by atoms with Gasteiger partial charge < -0.3 is 4.90 Å². The highest BCUT2D eigenvalue weighted by molar-refractivity contribution is 5.96. The molecule has 0 radical (unpaired) electrons. The number of Topliss-reactive ketones (excluding diaryl/α,β-unsaturated/α-hetero) is 1. The van der Waals surface area contributed by atoms with Crippen LogP contribution in [0.4, 0.5) is 4.39 Å². The largest absolute Gasteiger partial charge is 0.343 e. The molecule has 3 nitrogen and oxygen atoms in total. The summed E-state index contributed by atoms with van der Waals surface area (Å²) in [4.78, 5) is 25.3. The fourth-order valence-corrected chi connectivity index (χ4v) is 2.31. The maximum absolute atomic E-state index is 12.7. The van der Waals surface area contributed by atoms with Crippen LogP contribution in [0, 0.1) is 5.82 Å². The Hall–Kier alpha value is -1.71. The van der Waals surface area contributed by atoms with E-state index in [0.717, 1.165) is 19.4 Å². The van der Waals surface area contributed by atoms with E-state index in [4.69, 9.17) is 0 Å². The van der Waals surface area contributed by atoms with Crippen molar-refractivity contribution in [2.45, 2.75) is 32.1 Å². The van der Waals surface area contributed by atoms with Crippen molar-refractivity contribution in [3.05, 3.63) is 35.6 Å². The first kappa shape index (κ1) is 13.7. The van der Waals surface area contributed by atoms with Gasteiger partial charge in [-0.2, -0.15) is 0 Å². The normalized spacial score (nSPS) is 15.6. The molecular formula is C15H18FNO2. The lowest BCUT2D eigenvalue weighted by Gasteiger charge is -2.26. The van der Waals surface area contributed by atoms with Gasteiger partial charge in [-0.1, -0.05) is 0 Å². The molecule has 0 aliphatic carbocycles. The van der Waals surface area contributed by atoms with Gasteiger partial charge in [-0.05, 0) is 43.5 Å². The first-order chi connectivity index (χ1) is 9.16. The van der Waals surface area contributed by atoms with E-state index in [1.807, 2.05) is 4.90 Å². The van der Waals surface area contributed by atoms with Gasteiger partial charge in [0.1, 0.15) is 5.82 Å². The monoisotopic (exact) mass is 263 g/mol. The lowest BCUT2D eigenvalue weighted by Crippen LogP contribution is -2.36. The van der Waals surface area contributed by atoms with Crippen molar-refractivity contribution in [1.82, 2.24) is 4.90 Å². The zero-order chi connectivity index (χ0) is 13.7. The van der Waals surface area contributed by atoms with Crippen LogP contribution >= 0.6 is 0 Å². The smallest absolute Gasteiger partial charge is 0.222 e. The third-order valence-corrected chi connectivity index (χ3v) is 3.42. The average Bonchev–Trinajstić information content (AvgIpc) is 2.41. The SMILES string of the molecule is O=C(CCCN1CCCCC1=O)c1ccc(F)cc1. The zero-order valence-electron chi connectivity index (χ0n) is 10.9.